The van der Waals surface area contributed by atoms with Crippen LogP contribution in [-0.2, 0) is 16.1 Å². The highest BCUT2D eigenvalue weighted by Crippen LogP contribution is 2.45. The van der Waals surface area contributed by atoms with Crippen LogP contribution in [0.3, 0.4) is 0 Å². The maximum absolute atomic E-state index is 14.3. The van der Waals surface area contributed by atoms with Gasteiger partial charge in [0.2, 0.25) is 5.90 Å². The Morgan fingerprint density at radius 1 is 1.00 bits per heavy atom. The fraction of sp³-hybridized carbons (Fsp3) is 0.200. The summed E-state index contributed by atoms with van der Waals surface area (Å²) in [6.45, 7) is 0.387. The van der Waals surface area contributed by atoms with E-state index in [2.05, 4.69) is 21.2 Å². The molecule has 6 nitrogen and oxygen atoms in total. The van der Waals surface area contributed by atoms with Crippen LogP contribution in [0.5, 0.6) is 5.75 Å². The van der Waals surface area contributed by atoms with E-state index in [0.29, 0.717) is 29.9 Å². The molecule has 0 saturated carbocycles. The van der Waals surface area contributed by atoms with E-state index in [-0.39, 0.29) is 25.5 Å². The third-order valence-corrected chi connectivity index (χ3v) is 7.92. The summed E-state index contributed by atoms with van der Waals surface area (Å²) in [4.78, 5) is 19.2. The number of halogens is 3. The largest absolute Gasteiger partial charge is 0.494 e. The Hall–Kier alpha value is -4.34. The number of nitrogens with one attached hydrogen (secondary N) is 1. The maximum atomic E-state index is 14.3. The second kappa shape index (κ2) is 14.4. The lowest BCUT2D eigenvalue weighted by Gasteiger charge is -2.30. The average molecular weight is 662 g/mol. The van der Waals surface area contributed by atoms with Gasteiger partial charge in [-0.3, -0.25) is 4.79 Å². The number of aliphatic imine (C=N–C) groups is 1. The Balaban J connectivity index is 1.53. The first-order valence-corrected chi connectivity index (χ1v) is 15.0. The lowest BCUT2D eigenvalue weighted by molar-refractivity contribution is -0.129. The molecular formula is C35H31BrF2N2O4. The van der Waals surface area contributed by atoms with Crippen LogP contribution in [-0.4, -0.2) is 35.7 Å². The summed E-state index contributed by atoms with van der Waals surface area (Å²) in [7, 11) is 0. The predicted molar refractivity (Wildman–Crippen MR) is 169 cm³/mol. The third-order valence-electron chi connectivity index (χ3n) is 7.19. The first-order valence-electron chi connectivity index (χ1n) is 14.2. The third kappa shape index (κ3) is 7.23. The molecule has 5 rings (SSSR count). The standard InChI is InChI=1S/C35H31BrF2N2O4/c36-29-12-5-4-11-28(29)32-35(19-6-10-24-8-2-1-3-9-24,34(42)39-23-25-13-18-30(37)31(38)22-25)40-33(44-32)26-14-16-27(17-15-26)43-21-7-20-41/h1-6,8-18,22,32,41H,7,19-21,23H2,(H,39,42)/b10-6+/t32-,35-/m1/s1. The topological polar surface area (TPSA) is 80.2 Å². The minimum atomic E-state index is -1.45. The molecule has 0 unspecified atom stereocenters. The number of rotatable bonds is 12. The highest BCUT2D eigenvalue weighted by molar-refractivity contribution is 9.10. The summed E-state index contributed by atoms with van der Waals surface area (Å²) in [6, 6.07) is 27.9. The van der Waals surface area contributed by atoms with E-state index in [1.54, 1.807) is 24.3 Å². The van der Waals surface area contributed by atoms with Crippen molar-refractivity contribution in [2.45, 2.75) is 31.0 Å². The average Bonchev–Trinajstić information content (AvgIpc) is 3.43. The molecule has 0 spiro atoms. The van der Waals surface area contributed by atoms with E-state index < -0.39 is 29.2 Å². The number of carbonyl (C=O) groups excluding carboxylic acids is 1. The van der Waals surface area contributed by atoms with Gasteiger partial charge < -0.3 is 19.9 Å². The number of benzene rings is 4. The molecule has 0 radical (unpaired) electrons. The molecule has 226 valence electrons. The normalized spacial score (nSPS) is 17.7. The van der Waals surface area contributed by atoms with Crippen molar-refractivity contribution in [1.82, 2.24) is 5.32 Å². The smallest absolute Gasteiger partial charge is 0.252 e. The molecule has 9 heteroatoms. The minimum Gasteiger partial charge on any atom is -0.494 e. The molecule has 4 aromatic rings. The lowest BCUT2D eigenvalue weighted by Crippen LogP contribution is -2.47. The van der Waals surface area contributed by atoms with Gasteiger partial charge >= 0.3 is 0 Å². The van der Waals surface area contributed by atoms with Crippen molar-refractivity contribution in [2.24, 2.45) is 4.99 Å². The number of carbonyl (C=O) groups is 1. The number of amides is 1. The molecule has 0 bridgehead atoms. The summed E-state index contributed by atoms with van der Waals surface area (Å²) in [5.41, 5.74) is 1.30. The molecule has 1 amide bonds. The summed E-state index contributed by atoms with van der Waals surface area (Å²) in [6.07, 6.45) is 3.70. The monoisotopic (exact) mass is 660 g/mol. The molecule has 4 aromatic carbocycles. The molecule has 2 atom stereocenters. The van der Waals surface area contributed by atoms with Crippen LogP contribution in [0.1, 0.15) is 41.2 Å². The van der Waals surface area contributed by atoms with Crippen LogP contribution >= 0.6 is 15.9 Å². The van der Waals surface area contributed by atoms with Gasteiger partial charge in [0, 0.05) is 41.6 Å². The van der Waals surface area contributed by atoms with Crippen LogP contribution in [0, 0.1) is 11.6 Å². The van der Waals surface area contributed by atoms with Gasteiger partial charge in [0.25, 0.3) is 5.91 Å². The summed E-state index contributed by atoms with van der Waals surface area (Å²) < 4.78 is 40.4. The van der Waals surface area contributed by atoms with Crippen LogP contribution in [0.2, 0.25) is 0 Å². The maximum Gasteiger partial charge on any atom is 0.252 e. The molecule has 1 heterocycles. The fourth-order valence-electron chi connectivity index (χ4n) is 4.90. The van der Waals surface area contributed by atoms with E-state index in [1.807, 2.05) is 66.7 Å². The van der Waals surface area contributed by atoms with Crippen molar-refractivity contribution < 1.29 is 28.2 Å². The number of nitrogens with zero attached hydrogens (tertiary/aromatic N) is 1. The zero-order valence-corrected chi connectivity index (χ0v) is 25.3. The number of aliphatic hydroxyl groups excluding tert-OH is 1. The Kier molecular flexibility index (Phi) is 10.2. The van der Waals surface area contributed by atoms with Crippen LogP contribution in [0.4, 0.5) is 8.78 Å². The molecule has 1 aliphatic rings. The Morgan fingerprint density at radius 2 is 1.75 bits per heavy atom. The molecule has 44 heavy (non-hydrogen) atoms. The Bertz CT molecular complexity index is 1650. The van der Waals surface area contributed by atoms with E-state index in [4.69, 9.17) is 19.6 Å². The van der Waals surface area contributed by atoms with E-state index in [9.17, 15) is 13.6 Å². The van der Waals surface area contributed by atoms with Gasteiger partial charge in [-0.2, -0.15) is 0 Å². The molecule has 2 N–H and O–H groups in total. The lowest BCUT2D eigenvalue weighted by atomic mass is 9.84. The van der Waals surface area contributed by atoms with Crippen molar-refractivity contribution in [3.05, 3.63) is 141 Å². The molecule has 0 aromatic heterocycles. The van der Waals surface area contributed by atoms with Crippen molar-refractivity contribution >= 4 is 33.8 Å². The van der Waals surface area contributed by atoms with Gasteiger partial charge in [0.05, 0.1) is 6.61 Å². The van der Waals surface area contributed by atoms with Gasteiger partial charge in [-0.1, -0.05) is 82.7 Å². The number of ether oxygens (including phenoxy) is 2. The van der Waals surface area contributed by atoms with Gasteiger partial charge in [0.1, 0.15) is 5.75 Å². The molecule has 0 aliphatic carbocycles. The van der Waals surface area contributed by atoms with Gasteiger partial charge in [-0.25, -0.2) is 13.8 Å². The second-order valence-electron chi connectivity index (χ2n) is 10.3. The van der Waals surface area contributed by atoms with Crippen LogP contribution < -0.4 is 10.1 Å². The zero-order valence-electron chi connectivity index (χ0n) is 23.8. The molecular weight excluding hydrogens is 630 g/mol. The van der Waals surface area contributed by atoms with Gasteiger partial charge in [0.15, 0.2) is 23.3 Å². The van der Waals surface area contributed by atoms with Crippen molar-refractivity contribution in [3.63, 3.8) is 0 Å². The fourth-order valence-corrected chi connectivity index (χ4v) is 5.40. The van der Waals surface area contributed by atoms with Crippen molar-refractivity contribution in [3.8, 4) is 5.75 Å². The number of aliphatic hydroxyl groups is 1. The first-order chi connectivity index (χ1) is 21.4. The highest BCUT2D eigenvalue weighted by Gasteiger charge is 2.53. The summed E-state index contributed by atoms with van der Waals surface area (Å²) in [5.74, 6) is -1.47. The van der Waals surface area contributed by atoms with Crippen LogP contribution in [0.25, 0.3) is 6.08 Å². The van der Waals surface area contributed by atoms with E-state index >= 15 is 0 Å². The summed E-state index contributed by atoms with van der Waals surface area (Å²) >= 11 is 3.63. The highest BCUT2D eigenvalue weighted by atomic mass is 79.9. The molecule has 0 saturated heterocycles. The predicted octanol–water partition coefficient (Wildman–Crippen LogP) is 7.17. The Labute approximate surface area is 263 Å². The number of hydrogen-bond acceptors (Lipinski definition) is 5. The Morgan fingerprint density at radius 3 is 2.48 bits per heavy atom. The van der Waals surface area contributed by atoms with Crippen LogP contribution in [0.15, 0.2) is 113 Å². The quantitative estimate of drug-likeness (QED) is 0.158. The zero-order chi connectivity index (χ0) is 30.9. The SMILES string of the molecule is O=C(NCc1ccc(F)c(F)c1)[C@]1(C/C=C/c2ccccc2)N=C(c2ccc(OCCCO)cc2)O[C@@H]1c1ccccc1Br. The molecule has 1 aliphatic heterocycles. The van der Waals surface area contributed by atoms with E-state index in [1.165, 1.54) is 6.07 Å². The second-order valence-corrected chi connectivity index (χ2v) is 11.1. The van der Waals surface area contributed by atoms with Gasteiger partial charge in [-0.15, -0.1) is 0 Å². The van der Waals surface area contributed by atoms with Crippen molar-refractivity contribution in [1.29, 1.82) is 0 Å². The van der Waals surface area contributed by atoms with E-state index in [0.717, 1.165) is 27.7 Å². The minimum absolute atomic E-state index is 0.0341. The number of hydrogen-bond donors (Lipinski definition) is 2. The first kappa shape index (κ1) is 31.1. The van der Waals surface area contributed by atoms with Gasteiger partial charge in [-0.05, 0) is 53.6 Å². The molecule has 0 fully saturated rings. The van der Waals surface area contributed by atoms with Crippen molar-refractivity contribution in [2.75, 3.05) is 13.2 Å². The summed E-state index contributed by atoms with van der Waals surface area (Å²) in [5, 5.41) is 11.9.